The number of primary amides is 1. The smallest absolute Gasteiger partial charge is 0.223 e. The molecule has 2 aromatic rings. The number of hydrogen-bond donors (Lipinski definition) is 2. The van der Waals surface area contributed by atoms with Crippen LogP contribution >= 0.6 is 0 Å². The lowest BCUT2D eigenvalue weighted by Gasteiger charge is -2.20. The van der Waals surface area contributed by atoms with Crippen LogP contribution in [0.2, 0.25) is 0 Å². The van der Waals surface area contributed by atoms with Gasteiger partial charge in [-0.15, -0.1) is 0 Å². The van der Waals surface area contributed by atoms with Gasteiger partial charge in [0.25, 0.3) is 0 Å². The Kier molecular flexibility index (Phi) is 6.16. The third kappa shape index (κ3) is 5.01. The minimum absolute atomic E-state index is 0.420. The summed E-state index contributed by atoms with van der Waals surface area (Å²) < 4.78 is 0. The van der Waals surface area contributed by atoms with Gasteiger partial charge in [-0.05, 0) is 36.8 Å². The van der Waals surface area contributed by atoms with Crippen molar-refractivity contribution < 1.29 is 9.90 Å². The molecule has 0 bridgehead atoms. The van der Waals surface area contributed by atoms with Gasteiger partial charge < -0.3 is 10.8 Å². The van der Waals surface area contributed by atoms with E-state index in [4.69, 9.17) is 5.73 Å². The fourth-order valence-corrected chi connectivity index (χ4v) is 2.65. The number of carbonyl (C=O) groups excluding carboxylic acids is 1. The maximum Gasteiger partial charge on any atom is 0.223 e. The van der Waals surface area contributed by atoms with E-state index in [0.29, 0.717) is 12.8 Å². The van der Waals surface area contributed by atoms with Gasteiger partial charge >= 0.3 is 0 Å². The summed E-state index contributed by atoms with van der Waals surface area (Å²) in [6.45, 7) is 0. The number of amides is 1. The second-order valence-corrected chi connectivity index (χ2v) is 5.62. The Bertz CT molecular complexity index is 569. The topological polar surface area (TPSA) is 63.3 Å². The van der Waals surface area contributed by atoms with Gasteiger partial charge in [-0.2, -0.15) is 0 Å². The third-order valence-electron chi connectivity index (χ3n) is 3.99. The van der Waals surface area contributed by atoms with Crippen molar-refractivity contribution >= 4 is 5.91 Å². The van der Waals surface area contributed by atoms with Crippen LogP contribution in [0.3, 0.4) is 0 Å². The molecule has 0 aliphatic heterocycles. The molecule has 2 rings (SSSR count). The number of carbonyl (C=O) groups is 1. The fourth-order valence-electron chi connectivity index (χ4n) is 2.65. The molecule has 0 fully saturated rings. The Balaban J connectivity index is 1.88. The fraction of sp³-hybridized carbons (Fsp3) is 0.316. The van der Waals surface area contributed by atoms with Crippen LogP contribution in [0, 0.1) is 5.92 Å². The van der Waals surface area contributed by atoms with Crippen LogP contribution in [0.1, 0.15) is 24.0 Å². The van der Waals surface area contributed by atoms with Crippen molar-refractivity contribution in [1.29, 1.82) is 0 Å². The second-order valence-electron chi connectivity index (χ2n) is 5.62. The first-order valence-electron chi connectivity index (χ1n) is 7.72. The lowest BCUT2D eigenvalue weighted by atomic mass is 9.90. The monoisotopic (exact) mass is 297 g/mol. The molecule has 22 heavy (non-hydrogen) atoms. The lowest BCUT2D eigenvalue weighted by Crippen LogP contribution is -2.34. The summed E-state index contributed by atoms with van der Waals surface area (Å²) in [7, 11) is 0. The maximum absolute atomic E-state index is 11.6. The molecule has 2 aromatic carbocycles. The first-order chi connectivity index (χ1) is 10.7. The van der Waals surface area contributed by atoms with Gasteiger partial charge in [0.05, 0.1) is 12.0 Å². The second kappa shape index (κ2) is 8.35. The van der Waals surface area contributed by atoms with Gasteiger partial charge in [0.1, 0.15) is 0 Å². The highest BCUT2D eigenvalue weighted by Crippen LogP contribution is 2.17. The molecular weight excluding hydrogens is 274 g/mol. The predicted molar refractivity (Wildman–Crippen MR) is 88.2 cm³/mol. The molecule has 3 nitrogen and oxygen atoms in total. The number of rotatable bonds is 8. The molecule has 0 radical (unpaired) electrons. The Labute approximate surface area is 131 Å². The molecule has 0 heterocycles. The van der Waals surface area contributed by atoms with Crippen molar-refractivity contribution in [2.24, 2.45) is 11.7 Å². The highest BCUT2D eigenvalue weighted by molar-refractivity contribution is 5.77. The molecule has 0 unspecified atom stereocenters. The standard InChI is InChI=1S/C19H23NO2/c20-19(22)17(13-11-15-7-3-1-4-8-15)18(21)14-12-16-9-5-2-6-10-16/h1-10,17-18,21H,11-14H2,(H2,20,22)/t17-,18-/m1/s1. The minimum atomic E-state index is -0.693. The molecule has 0 spiro atoms. The molecule has 1 amide bonds. The Morgan fingerprint density at radius 1 is 0.864 bits per heavy atom. The highest BCUT2D eigenvalue weighted by atomic mass is 16.3. The van der Waals surface area contributed by atoms with Gasteiger partial charge in [0, 0.05) is 0 Å². The quantitative estimate of drug-likeness (QED) is 0.787. The molecule has 0 aliphatic rings. The van der Waals surface area contributed by atoms with Crippen LogP contribution < -0.4 is 5.73 Å². The number of hydrogen-bond acceptors (Lipinski definition) is 2. The third-order valence-corrected chi connectivity index (χ3v) is 3.99. The predicted octanol–water partition coefficient (Wildman–Crippen LogP) is 2.71. The van der Waals surface area contributed by atoms with E-state index in [1.165, 1.54) is 0 Å². The summed E-state index contributed by atoms with van der Waals surface area (Å²) in [5, 5.41) is 10.3. The van der Waals surface area contributed by atoms with Crippen LogP contribution in [0.15, 0.2) is 60.7 Å². The van der Waals surface area contributed by atoms with E-state index in [-0.39, 0.29) is 0 Å². The number of nitrogens with two attached hydrogens (primary N) is 1. The largest absolute Gasteiger partial charge is 0.392 e. The molecule has 2 atom stereocenters. The SMILES string of the molecule is NC(=O)[C@H](CCc1ccccc1)[C@H](O)CCc1ccccc1. The van der Waals surface area contributed by atoms with Crippen LogP contribution in [-0.4, -0.2) is 17.1 Å². The number of aliphatic hydroxyl groups excluding tert-OH is 1. The van der Waals surface area contributed by atoms with Crippen LogP contribution in [-0.2, 0) is 17.6 Å². The zero-order valence-corrected chi connectivity index (χ0v) is 12.7. The van der Waals surface area contributed by atoms with E-state index in [1.807, 2.05) is 60.7 Å². The molecule has 0 saturated carbocycles. The van der Waals surface area contributed by atoms with E-state index in [2.05, 4.69) is 0 Å². The van der Waals surface area contributed by atoms with Crippen molar-refractivity contribution in [3.8, 4) is 0 Å². The molecular formula is C19H23NO2. The highest BCUT2D eigenvalue weighted by Gasteiger charge is 2.24. The van der Waals surface area contributed by atoms with E-state index in [1.54, 1.807) is 0 Å². The molecule has 3 heteroatoms. The summed E-state index contributed by atoms with van der Waals surface area (Å²) in [6.07, 6.45) is 1.93. The molecule has 0 aliphatic carbocycles. The molecule has 0 aromatic heterocycles. The zero-order chi connectivity index (χ0) is 15.8. The maximum atomic E-state index is 11.6. The summed E-state index contributed by atoms with van der Waals surface area (Å²) in [6, 6.07) is 19.9. The average Bonchev–Trinajstić information content (AvgIpc) is 2.55. The number of aliphatic hydroxyl groups is 1. The van der Waals surface area contributed by atoms with Crippen molar-refractivity contribution in [3.05, 3.63) is 71.8 Å². The first kappa shape index (κ1) is 16.2. The van der Waals surface area contributed by atoms with Crippen LogP contribution in [0.5, 0.6) is 0 Å². The van der Waals surface area contributed by atoms with Gasteiger partial charge in [-0.25, -0.2) is 0 Å². The van der Waals surface area contributed by atoms with E-state index >= 15 is 0 Å². The first-order valence-corrected chi connectivity index (χ1v) is 7.72. The van der Waals surface area contributed by atoms with E-state index in [0.717, 1.165) is 24.0 Å². The summed E-state index contributed by atoms with van der Waals surface area (Å²) in [5.41, 5.74) is 7.79. The van der Waals surface area contributed by atoms with Gasteiger partial charge in [0.15, 0.2) is 0 Å². The molecule has 0 saturated heterocycles. The Morgan fingerprint density at radius 2 is 1.32 bits per heavy atom. The van der Waals surface area contributed by atoms with Crippen LogP contribution in [0.4, 0.5) is 0 Å². The summed E-state index contributed by atoms with van der Waals surface area (Å²) >= 11 is 0. The van der Waals surface area contributed by atoms with E-state index in [9.17, 15) is 9.90 Å². The Morgan fingerprint density at radius 3 is 1.77 bits per heavy atom. The number of benzene rings is 2. The van der Waals surface area contributed by atoms with E-state index < -0.39 is 17.9 Å². The lowest BCUT2D eigenvalue weighted by molar-refractivity contribution is -0.125. The van der Waals surface area contributed by atoms with Gasteiger partial charge in [0.2, 0.25) is 5.91 Å². The zero-order valence-electron chi connectivity index (χ0n) is 12.7. The van der Waals surface area contributed by atoms with Crippen molar-refractivity contribution in [1.82, 2.24) is 0 Å². The van der Waals surface area contributed by atoms with Crippen molar-refractivity contribution in [3.63, 3.8) is 0 Å². The average molecular weight is 297 g/mol. The summed E-state index contributed by atoms with van der Waals surface area (Å²) in [5.74, 6) is -0.916. The summed E-state index contributed by atoms with van der Waals surface area (Å²) in [4.78, 5) is 11.6. The molecule has 3 N–H and O–H groups in total. The number of aryl methyl sites for hydroxylation is 2. The van der Waals surface area contributed by atoms with Crippen molar-refractivity contribution in [2.75, 3.05) is 0 Å². The van der Waals surface area contributed by atoms with Gasteiger partial charge in [-0.1, -0.05) is 60.7 Å². The normalized spacial score (nSPS) is 13.5. The van der Waals surface area contributed by atoms with Gasteiger partial charge in [-0.3, -0.25) is 4.79 Å². The minimum Gasteiger partial charge on any atom is -0.392 e. The Hall–Kier alpha value is -2.13. The van der Waals surface area contributed by atoms with Crippen molar-refractivity contribution in [2.45, 2.75) is 31.8 Å². The van der Waals surface area contributed by atoms with Crippen LogP contribution in [0.25, 0.3) is 0 Å². The molecule has 116 valence electrons.